The Morgan fingerprint density at radius 1 is 1.03 bits per heavy atom. The van der Waals surface area contributed by atoms with Crippen molar-refractivity contribution in [2.75, 3.05) is 38.5 Å². The highest BCUT2D eigenvalue weighted by molar-refractivity contribution is 5.65. The fourth-order valence-electron chi connectivity index (χ4n) is 4.53. The Morgan fingerprint density at radius 2 is 1.82 bits per heavy atom. The van der Waals surface area contributed by atoms with Crippen molar-refractivity contribution in [2.24, 2.45) is 4.99 Å². The molecule has 4 nitrogen and oxygen atoms in total. The fourth-order valence-corrected chi connectivity index (χ4v) is 4.53. The quantitative estimate of drug-likeness (QED) is 0.446. The van der Waals surface area contributed by atoms with Gasteiger partial charge in [-0.1, -0.05) is 42.5 Å². The van der Waals surface area contributed by atoms with Gasteiger partial charge in [-0.25, -0.2) is 0 Å². The number of hydrogen-bond donors (Lipinski definition) is 1. The van der Waals surface area contributed by atoms with Gasteiger partial charge in [0.1, 0.15) is 0 Å². The average molecular weight is 521 g/mol. The van der Waals surface area contributed by atoms with Gasteiger partial charge in [0.05, 0.1) is 5.56 Å². The van der Waals surface area contributed by atoms with Crippen molar-refractivity contribution in [2.45, 2.75) is 46.0 Å². The van der Waals surface area contributed by atoms with E-state index >= 15 is 0 Å². The summed E-state index contributed by atoms with van der Waals surface area (Å²) in [6.07, 6.45) is 3.15. The van der Waals surface area contributed by atoms with Crippen LogP contribution in [0.5, 0.6) is 0 Å². The third-order valence-electron chi connectivity index (χ3n) is 7.03. The van der Waals surface area contributed by atoms with Gasteiger partial charge in [0.15, 0.2) is 0 Å². The molecule has 2 heterocycles. The number of aliphatic imine (C=N–C) groups is 1. The largest absolute Gasteiger partial charge is 0.416 e. The molecule has 1 fully saturated rings. The normalized spacial score (nSPS) is 16.8. The first-order chi connectivity index (χ1) is 18.2. The van der Waals surface area contributed by atoms with Crippen molar-refractivity contribution in [1.82, 2.24) is 9.80 Å². The smallest absolute Gasteiger partial charge is 0.381 e. The molecular formula is C31H35F3N4. The third kappa shape index (κ3) is 7.59. The van der Waals surface area contributed by atoms with Crippen LogP contribution in [-0.2, 0) is 19.3 Å². The molecule has 0 saturated carbocycles. The molecule has 1 saturated heterocycles. The molecule has 38 heavy (non-hydrogen) atoms. The summed E-state index contributed by atoms with van der Waals surface area (Å²) in [6.45, 7) is 8.10. The topological polar surface area (TPSA) is 30.9 Å². The number of hydrogen-bond acceptors (Lipinski definition) is 4. The van der Waals surface area contributed by atoms with Crippen LogP contribution < -0.4 is 5.32 Å². The predicted molar refractivity (Wildman–Crippen MR) is 149 cm³/mol. The van der Waals surface area contributed by atoms with Gasteiger partial charge >= 0.3 is 6.18 Å². The molecule has 0 spiro atoms. The zero-order chi connectivity index (χ0) is 27.1. The maximum atomic E-state index is 13.9. The summed E-state index contributed by atoms with van der Waals surface area (Å²) >= 11 is 0. The number of halogens is 3. The monoisotopic (exact) mass is 520 g/mol. The molecule has 2 aromatic carbocycles. The third-order valence-corrected chi connectivity index (χ3v) is 7.03. The number of anilines is 1. The number of benzene rings is 2. The Bertz CT molecular complexity index is 1290. The highest BCUT2D eigenvalue weighted by Crippen LogP contribution is 2.34. The number of likely N-dealkylation sites (N-methyl/N-ethyl adjacent to an activating group) is 1. The molecule has 0 atom stereocenters. The Labute approximate surface area is 223 Å². The average Bonchev–Trinajstić information content (AvgIpc) is 3.14. The predicted octanol–water partition coefficient (Wildman–Crippen LogP) is 6.42. The Morgan fingerprint density at radius 3 is 2.55 bits per heavy atom. The van der Waals surface area contributed by atoms with Crippen LogP contribution in [0.25, 0.3) is 0 Å². The van der Waals surface area contributed by atoms with E-state index < -0.39 is 11.7 Å². The minimum absolute atomic E-state index is 0.305. The Kier molecular flexibility index (Phi) is 9.09. The van der Waals surface area contributed by atoms with Crippen molar-refractivity contribution in [3.8, 4) is 11.8 Å². The lowest BCUT2D eigenvalue weighted by Crippen LogP contribution is -2.44. The van der Waals surface area contributed by atoms with Gasteiger partial charge in [0.2, 0.25) is 0 Å². The first kappa shape index (κ1) is 27.7. The summed E-state index contributed by atoms with van der Waals surface area (Å²) < 4.78 is 41.8. The Hall–Kier alpha value is -3.34. The van der Waals surface area contributed by atoms with Crippen LogP contribution in [0.2, 0.25) is 0 Å². The zero-order valence-corrected chi connectivity index (χ0v) is 22.3. The van der Waals surface area contributed by atoms with Crippen molar-refractivity contribution in [3.05, 3.63) is 87.6 Å². The molecule has 0 amide bonds. The summed E-state index contributed by atoms with van der Waals surface area (Å²) in [5, 5.41) is 3.18. The van der Waals surface area contributed by atoms with Crippen molar-refractivity contribution in [3.63, 3.8) is 0 Å². The number of piperazine rings is 1. The van der Waals surface area contributed by atoms with E-state index in [0.29, 0.717) is 24.3 Å². The fraction of sp³-hybridized carbons (Fsp3) is 0.387. The van der Waals surface area contributed by atoms with E-state index in [1.807, 2.05) is 38.4 Å². The van der Waals surface area contributed by atoms with Crippen LogP contribution in [0, 0.1) is 18.8 Å². The van der Waals surface area contributed by atoms with Crippen molar-refractivity contribution >= 4 is 11.9 Å². The number of nitrogens with one attached hydrogen (secondary N) is 1. The lowest BCUT2D eigenvalue weighted by atomic mass is 10.0. The first-order valence-electron chi connectivity index (χ1n) is 13.1. The van der Waals surface area contributed by atoms with Gasteiger partial charge in [-0.3, -0.25) is 9.89 Å². The number of aryl methyl sites for hydroxylation is 1. The SMILES string of the molecule is CCC1=CC(C#Cc2cc(CNc3ccc(CN4CCN(C)CC4)c(C(F)(F)F)c3)ccc2C)=CN=CC1. The van der Waals surface area contributed by atoms with Gasteiger partial charge in [-0.15, -0.1) is 0 Å². The van der Waals surface area contributed by atoms with E-state index in [1.54, 1.807) is 18.3 Å². The first-order valence-corrected chi connectivity index (χ1v) is 13.1. The number of nitrogens with zero attached hydrogens (tertiary/aromatic N) is 3. The lowest BCUT2D eigenvalue weighted by Gasteiger charge is -2.33. The number of allylic oxidation sites excluding steroid dienone is 3. The van der Waals surface area contributed by atoms with E-state index in [-0.39, 0.29) is 0 Å². The van der Waals surface area contributed by atoms with Gasteiger partial charge in [0.25, 0.3) is 0 Å². The van der Waals surface area contributed by atoms with Gasteiger partial charge < -0.3 is 10.2 Å². The molecule has 0 aliphatic carbocycles. The summed E-state index contributed by atoms with van der Waals surface area (Å²) in [4.78, 5) is 8.57. The standard InChI is InChI=1S/C31H35F3N4/c1-4-24-11-12-35-20-25(17-24)7-8-27-18-26(6-5-23(27)2)21-36-29-10-9-28(30(19-29)31(32,33)34)22-38-15-13-37(3)14-16-38/h5-6,9-10,12,17-20,36H,4,11,13-16,21-22H2,1-3H3. The molecule has 0 bridgehead atoms. The summed E-state index contributed by atoms with van der Waals surface area (Å²) in [6, 6.07) is 10.5. The number of rotatable bonds is 6. The van der Waals surface area contributed by atoms with E-state index in [1.165, 1.54) is 11.6 Å². The minimum atomic E-state index is -4.41. The molecule has 0 radical (unpaired) electrons. The second kappa shape index (κ2) is 12.5. The lowest BCUT2D eigenvalue weighted by molar-refractivity contribution is -0.138. The molecule has 0 unspecified atom stereocenters. The van der Waals surface area contributed by atoms with Crippen molar-refractivity contribution in [1.29, 1.82) is 0 Å². The maximum absolute atomic E-state index is 13.9. The molecule has 2 aliphatic heterocycles. The van der Waals surface area contributed by atoms with Crippen LogP contribution in [0.3, 0.4) is 0 Å². The molecule has 7 heteroatoms. The molecule has 2 aliphatic rings. The molecule has 0 aromatic heterocycles. The van der Waals surface area contributed by atoms with Gasteiger partial charge in [-0.05, 0) is 61.4 Å². The van der Waals surface area contributed by atoms with Crippen molar-refractivity contribution < 1.29 is 13.2 Å². The van der Waals surface area contributed by atoms with E-state index in [2.05, 4.69) is 44.9 Å². The summed E-state index contributed by atoms with van der Waals surface area (Å²) in [5.41, 5.74) is 5.24. The van der Waals surface area contributed by atoms with Crippen LogP contribution in [0.15, 0.2) is 64.8 Å². The Balaban J connectivity index is 1.47. The second-order valence-corrected chi connectivity index (χ2v) is 9.98. The van der Waals surface area contributed by atoms with Gasteiger partial charge in [-0.2, -0.15) is 13.2 Å². The second-order valence-electron chi connectivity index (χ2n) is 9.98. The molecule has 200 valence electrons. The van der Waals surface area contributed by atoms with Crippen LogP contribution in [0.4, 0.5) is 18.9 Å². The van der Waals surface area contributed by atoms with E-state index in [9.17, 15) is 13.2 Å². The van der Waals surface area contributed by atoms with Crippen LogP contribution >= 0.6 is 0 Å². The zero-order valence-electron chi connectivity index (χ0n) is 22.3. The van der Waals surface area contributed by atoms with E-state index in [0.717, 1.165) is 61.3 Å². The van der Waals surface area contributed by atoms with Gasteiger partial charge in [0, 0.05) is 74.9 Å². The summed E-state index contributed by atoms with van der Waals surface area (Å²) in [7, 11) is 2.03. The molecule has 2 aromatic rings. The maximum Gasteiger partial charge on any atom is 0.416 e. The highest BCUT2D eigenvalue weighted by Gasteiger charge is 2.34. The van der Waals surface area contributed by atoms with Crippen LogP contribution in [0.1, 0.15) is 47.6 Å². The minimum Gasteiger partial charge on any atom is -0.381 e. The molecule has 4 rings (SSSR count). The van der Waals surface area contributed by atoms with Crippen LogP contribution in [-0.4, -0.2) is 49.2 Å². The van der Waals surface area contributed by atoms with E-state index in [4.69, 9.17) is 0 Å². The highest BCUT2D eigenvalue weighted by atomic mass is 19.4. The number of alkyl halides is 3. The molecular weight excluding hydrogens is 485 g/mol. The summed E-state index contributed by atoms with van der Waals surface area (Å²) in [5.74, 6) is 6.47. The molecule has 1 N–H and O–H groups in total.